The minimum absolute atomic E-state index is 0.185. The largest absolute Gasteiger partial charge is 0.356 e. The van der Waals surface area contributed by atoms with Crippen molar-refractivity contribution in [3.63, 3.8) is 0 Å². The third-order valence-corrected chi connectivity index (χ3v) is 3.06. The lowest BCUT2D eigenvalue weighted by Crippen LogP contribution is -2.32. The Labute approximate surface area is 102 Å². The van der Waals surface area contributed by atoms with Crippen molar-refractivity contribution < 1.29 is 4.79 Å². The van der Waals surface area contributed by atoms with E-state index in [1.165, 1.54) is 0 Å². The van der Waals surface area contributed by atoms with Crippen LogP contribution in [0.15, 0.2) is 30.6 Å². The minimum atomic E-state index is 0.185. The first-order valence-corrected chi connectivity index (χ1v) is 6.26. The number of amides is 1. The molecule has 1 atom stereocenters. The van der Waals surface area contributed by atoms with Crippen LogP contribution < -0.4 is 5.32 Å². The fourth-order valence-electron chi connectivity index (χ4n) is 2.06. The number of aromatic nitrogens is 2. The van der Waals surface area contributed by atoms with Gasteiger partial charge in [-0.15, -0.1) is 0 Å². The van der Waals surface area contributed by atoms with Crippen molar-refractivity contribution in [3.8, 4) is 0 Å². The standard InChI is InChI=1S/C13H19N3O/c17-13(12-6-2-1-3-7-12)14-8-4-10-16-11-5-9-15-16/h1-2,5,9,11-12H,3-4,6-8,10H2,(H,14,17)/t12-/m0/s1. The molecule has 0 saturated carbocycles. The molecule has 0 fully saturated rings. The number of hydrogen-bond donors (Lipinski definition) is 1. The Morgan fingerprint density at radius 3 is 3.12 bits per heavy atom. The second kappa shape index (κ2) is 6.23. The molecule has 1 N–H and O–H groups in total. The van der Waals surface area contributed by atoms with Crippen LogP contribution in [0.3, 0.4) is 0 Å². The van der Waals surface area contributed by atoms with Crippen molar-refractivity contribution in [1.82, 2.24) is 15.1 Å². The van der Waals surface area contributed by atoms with Crippen molar-refractivity contribution in [2.75, 3.05) is 6.54 Å². The third-order valence-electron chi connectivity index (χ3n) is 3.06. The Kier molecular flexibility index (Phi) is 4.36. The first kappa shape index (κ1) is 11.9. The molecule has 4 heteroatoms. The summed E-state index contributed by atoms with van der Waals surface area (Å²) in [7, 11) is 0. The SMILES string of the molecule is O=C(NCCCn1cccn1)[C@H]1CC=CCC1. The first-order valence-electron chi connectivity index (χ1n) is 6.26. The fourth-order valence-corrected chi connectivity index (χ4v) is 2.06. The summed E-state index contributed by atoms with van der Waals surface area (Å²) in [6.07, 6.45) is 11.8. The van der Waals surface area contributed by atoms with E-state index in [0.29, 0.717) is 0 Å². The zero-order chi connectivity index (χ0) is 11.9. The maximum Gasteiger partial charge on any atom is 0.223 e. The molecule has 1 aromatic heterocycles. The molecule has 0 aromatic carbocycles. The van der Waals surface area contributed by atoms with Gasteiger partial charge in [0.2, 0.25) is 5.91 Å². The van der Waals surface area contributed by atoms with Gasteiger partial charge in [0, 0.05) is 31.4 Å². The summed E-state index contributed by atoms with van der Waals surface area (Å²) in [6, 6.07) is 1.91. The highest BCUT2D eigenvalue weighted by molar-refractivity contribution is 5.78. The smallest absolute Gasteiger partial charge is 0.223 e. The zero-order valence-corrected chi connectivity index (χ0v) is 10.0. The van der Waals surface area contributed by atoms with Gasteiger partial charge in [0.05, 0.1) is 0 Å². The van der Waals surface area contributed by atoms with Gasteiger partial charge in [-0.1, -0.05) is 12.2 Å². The summed E-state index contributed by atoms with van der Waals surface area (Å²) in [5, 5.41) is 7.12. The Bertz CT molecular complexity index is 370. The fraction of sp³-hybridized carbons (Fsp3) is 0.538. The Balaban J connectivity index is 1.61. The molecule has 4 nitrogen and oxygen atoms in total. The van der Waals surface area contributed by atoms with E-state index < -0.39 is 0 Å². The van der Waals surface area contributed by atoms with Gasteiger partial charge in [0.25, 0.3) is 0 Å². The number of carbonyl (C=O) groups excluding carboxylic acids is 1. The molecular weight excluding hydrogens is 214 g/mol. The second-order valence-electron chi connectivity index (χ2n) is 4.40. The van der Waals surface area contributed by atoms with Crippen molar-refractivity contribution in [2.45, 2.75) is 32.2 Å². The number of aryl methyl sites for hydroxylation is 1. The summed E-state index contributed by atoms with van der Waals surface area (Å²) in [4.78, 5) is 11.8. The van der Waals surface area contributed by atoms with E-state index in [-0.39, 0.29) is 11.8 Å². The normalized spacial score (nSPS) is 19.2. The molecule has 1 aliphatic carbocycles. The van der Waals surface area contributed by atoms with E-state index >= 15 is 0 Å². The van der Waals surface area contributed by atoms with Gasteiger partial charge < -0.3 is 5.32 Å². The molecule has 1 heterocycles. The monoisotopic (exact) mass is 233 g/mol. The van der Waals surface area contributed by atoms with Crippen LogP contribution in [0.1, 0.15) is 25.7 Å². The van der Waals surface area contributed by atoms with Crippen LogP contribution >= 0.6 is 0 Å². The van der Waals surface area contributed by atoms with E-state index in [0.717, 1.165) is 38.8 Å². The van der Waals surface area contributed by atoms with E-state index in [2.05, 4.69) is 22.6 Å². The van der Waals surface area contributed by atoms with E-state index in [1.54, 1.807) is 6.20 Å². The maximum atomic E-state index is 11.8. The molecule has 0 spiro atoms. The number of allylic oxidation sites excluding steroid dienone is 2. The highest BCUT2D eigenvalue weighted by Crippen LogP contribution is 2.17. The van der Waals surface area contributed by atoms with Gasteiger partial charge in [-0.25, -0.2) is 0 Å². The van der Waals surface area contributed by atoms with Gasteiger partial charge in [-0.05, 0) is 31.7 Å². The van der Waals surface area contributed by atoms with Crippen LogP contribution in [0.4, 0.5) is 0 Å². The highest BCUT2D eigenvalue weighted by Gasteiger charge is 2.17. The topological polar surface area (TPSA) is 46.9 Å². The van der Waals surface area contributed by atoms with Crippen LogP contribution in [-0.2, 0) is 11.3 Å². The van der Waals surface area contributed by atoms with Crippen molar-refractivity contribution in [3.05, 3.63) is 30.6 Å². The van der Waals surface area contributed by atoms with Crippen LogP contribution in [0.25, 0.3) is 0 Å². The average molecular weight is 233 g/mol. The van der Waals surface area contributed by atoms with Crippen molar-refractivity contribution in [1.29, 1.82) is 0 Å². The molecule has 0 saturated heterocycles. The quantitative estimate of drug-likeness (QED) is 0.622. The molecule has 92 valence electrons. The molecule has 0 radical (unpaired) electrons. The number of nitrogens with one attached hydrogen (secondary N) is 1. The lowest BCUT2D eigenvalue weighted by atomic mass is 9.94. The van der Waals surface area contributed by atoms with Gasteiger partial charge >= 0.3 is 0 Å². The van der Waals surface area contributed by atoms with E-state index in [1.807, 2.05) is 16.9 Å². The van der Waals surface area contributed by atoms with Gasteiger partial charge in [0.15, 0.2) is 0 Å². The molecule has 17 heavy (non-hydrogen) atoms. The maximum absolute atomic E-state index is 11.8. The van der Waals surface area contributed by atoms with Crippen LogP contribution in [0.5, 0.6) is 0 Å². The lowest BCUT2D eigenvalue weighted by Gasteiger charge is -2.17. The Morgan fingerprint density at radius 2 is 2.41 bits per heavy atom. The summed E-state index contributed by atoms with van der Waals surface area (Å²) >= 11 is 0. The molecule has 1 amide bonds. The summed E-state index contributed by atoms with van der Waals surface area (Å²) in [5.74, 6) is 0.388. The molecule has 1 aromatic rings. The second-order valence-corrected chi connectivity index (χ2v) is 4.40. The third kappa shape index (κ3) is 3.73. The molecule has 0 bridgehead atoms. The Hall–Kier alpha value is -1.58. The highest BCUT2D eigenvalue weighted by atomic mass is 16.1. The van der Waals surface area contributed by atoms with Gasteiger partial charge in [-0.3, -0.25) is 9.48 Å². The first-order chi connectivity index (χ1) is 8.36. The lowest BCUT2D eigenvalue weighted by molar-refractivity contribution is -0.125. The van der Waals surface area contributed by atoms with Crippen molar-refractivity contribution in [2.24, 2.45) is 5.92 Å². The molecule has 0 unspecified atom stereocenters. The van der Waals surface area contributed by atoms with Crippen LogP contribution in [-0.4, -0.2) is 22.2 Å². The van der Waals surface area contributed by atoms with Crippen LogP contribution in [0, 0.1) is 5.92 Å². The van der Waals surface area contributed by atoms with Crippen molar-refractivity contribution >= 4 is 5.91 Å². The predicted molar refractivity (Wildman–Crippen MR) is 66.3 cm³/mol. The molecule has 0 aliphatic heterocycles. The molecule has 1 aliphatic rings. The number of rotatable bonds is 5. The van der Waals surface area contributed by atoms with E-state index in [9.17, 15) is 4.79 Å². The number of nitrogens with zero attached hydrogens (tertiary/aromatic N) is 2. The van der Waals surface area contributed by atoms with Gasteiger partial charge in [-0.2, -0.15) is 5.10 Å². The molecule has 2 rings (SSSR count). The number of carbonyl (C=O) groups is 1. The summed E-state index contributed by atoms with van der Waals surface area (Å²) in [5.41, 5.74) is 0. The summed E-state index contributed by atoms with van der Waals surface area (Å²) < 4.78 is 1.88. The number of hydrogen-bond acceptors (Lipinski definition) is 2. The van der Waals surface area contributed by atoms with Gasteiger partial charge in [0.1, 0.15) is 0 Å². The minimum Gasteiger partial charge on any atom is -0.356 e. The summed E-state index contributed by atoms with van der Waals surface area (Å²) in [6.45, 7) is 1.59. The zero-order valence-electron chi connectivity index (χ0n) is 10.0. The Morgan fingerprint density at radius 1 is 1.47 bits per heavy atom. The van der Waals surface area contributed by atoms with E-state index in [4.69, 9.17) is 0 Å². The average Bonchev–Trinajstić information content (AvgIpc) is 2.88. The van der Waals surface area contributed by atoms with Crippen LogP contribution in [0.2, 0.25) is 0 Å². The predicted octanol–water partition coefficient (Wildman–Crippen LogP) is 1.75. The molecular formula is C13H19N3O.